The van der Waals surface area contributed by atoms with Crippen LogP contribution < -0.4 is 15.8 Å². The number of carbonyl (C=O) groups excluding carboxylic acids is 1. The summed E-state index contributed by atoms with van der Waals surface area (Å²) in [6.45, 7) is 9.63. The number of carbonyl (C=O) groups is 1. The molecular weight excluding hydrogens is 504 g/mol. The van der Waals surface area contributed by atoms with Crippen LogP contribution in [0.15, 0.2) is 36.5 Å². The number of nitrogens with zero attached hydrogens (tertiary/aromatic N) is 2. The van der Waals surface area contributed by atoms with E-state index in [1.807, 2.05) is 52.8 Å². The lowest BCUT2D eigenvalue weighted by Gasteiger charge is -2.36. The fourth-order valence-electron chi connectivity index (χ4n) is 4.98. The highest BCUT2D eigenvalue weighted by atomic mass is 32.2. The third kappa shape index (κ3) is 4.82. The maximum Gasteiger partial charge on any atom is 0.340 e. The first kappa shape index (κ1) is 26.4. The van der Waals surface area contributed by atoms with E-state index >= 15 is 0 Å². The van der Waals surface area contributed by atoms with E-state index in [1.54, 1.807) is 18.3 Å². The average molecular weight is 539 g/mol. The highest BCUT2D eigenvalue weighted by Crippen LogP contribution is 2.39. The molecule has 202 valence electrons. The summed E-state index contributed by atoms with van der Waals surface area (Å²) in [4.78, 5) is 21.8. The summed E-state index contributed by atoms with van der Waals surface area (Å²) in [5.41, 5.74) is 7.30. The number of nitrogens with one attached hydrogen (secondary N) is 1. The maximum atomic E-state index is 12.4. The van der Waals surface area contributed by atoms with Gasteiger partial charge in [-0.2, -0.15) is 0 Å². The van der Waals surface area contributed by atoms with Gasteiger partial charge < -0.3 is 20.5 Å². The highest BCUT2D eigenvalue weighted by molar-refractivity contribution is 7.91. The van der Waals surface area contributed by atoms with Crippen molar-refractivity contribution in [2.45, 2.75) is 75.9 Å². The normalized spacial score (nSPS) is 22.8. The SMILES string of the molecule is C[C@@H]1c2nc(Nc3cc4c(C(C)(C)N)ccc(O[C@H]5C[C@@H](S(C)(=O)=O)C5)c4cn3)ccc2C(=O)OC1(C)C. The lowest BCUT2D eigenvalue weighted by molar-refractivity contribution is -0.0189. The van der Waals surface area contributed by atoms with E-state index in [-0.39, 0.29) is 23.2 Å². The molecule has 9 nitrogen and oxygen atoms in total. The van der Waals surface area contributed by atoms with Crippen LogP contribution in [0.25, 0.3) is 10.8 Å². The summed E-state index contributed by atoms with van der Waals surface area (Å²) in [6.07, 6.45) is 3.79. The van der Waals surface area contributed by atoms with Crippen molar-refractivity contribution in [1.82, 2.24) is 9.97 Å². The van der Waals surface area contributed by atoms with Crippen LogP contribution in [-0.4, -0.2) is 47.6 Å². The number of ether oxygens (including phenoxy) is 2. The second kappa shape index (κ2) is 8.91. The molecule has 5 rings (SSSR count). The minimum atomic E-state index is -3.06. The molecule has 0 unspecified atom stereocenters. The summed E-state index contributed by atoms with van der Waals surface area (Å²) in [7, 11) is -3.06. The number of nitrogens with two attached hydrogens (primary N) is 1. The van der Waals surface area contributed by atoms with Crippen LogP contribution in [0.2, 0.25) is 0 Å². The van der Waals surface area contributed by atoms with Crippen molar-refractivity contribution >= 4 is 38.2 Å². The molecule has 1 fully saturated rings. The Kier molecular flexibility index (Phi) is 6.18. The second-order valence-corrected chi connectivity index (χ2v) is 13.9. The van der Waals surface area contributed by atoms with E-state index in [0.29, 0.717) is 41.5 Å². The Morgan fingerprint density at radius 3 is 2.50 bits per heavy atom. The predicted molar refractivity (Wildman–Crippen MR) is 147 cm³/mol. The molecule has 2 aliphatic rings. The third-order valence-electron chi connectivity index (χ3n) is 7.72. The van der Waals surface area contributed by atoms with Gasteiger partial charge in [-0.1, -0.05) is 13.0 Å². The van der Waals surface area contributed by atoms with E-state index in [1.165, 1.54) is 6.26 Å². The molecular formula is C28H34N4O5S. The molecule has 0 radical (unpaired) electrons. The van der Waals surface area contributed by atoms with Crippen molar-refractivity contribution in [2.24, 2.45) is 5.73 Å². The molecule has 1 aliphatic heterocycles. The highest BCUT2D eigenvalue weighted by Gasteiger charge is 2.40. The van der Waals surface area contributed by atoms with Gasteiger partial charge in [0.05, 0.1) is 16.5 Å². The number of cyclic esters (lactones) is 1. The van der Waals surface area contributed by atoms with Crippen LogP contribution in [0.3, 0.4) is 0 Å². The first-order valence-corrected chi connectivity index (χ1v) is 14.7. The van der Waals surface area contributed by atoms with E-state index in [9.17, 15) is 13.2 Å². The number of fused-ring (bicyclic) bond motifs is 2. The monoisotopic (exact) mass is 538 g/mol. The molecule has 10 heteroatoms. The van der Waals surface area contributed by atoms with Gasteiger partial charge in [-0.3, -0.25) is 0 Å². The number of esters is 1. The number of sulfone groups is 1. The molecule has 0 bridgehead atoms. The third-order valence-corrected chi connectivity index (χ3v) is 9.31. The average Bonchev–Trinajstić information content (AvgIpc) is 2.77. The molecule has 1 aliphatic carbocycles. The fraction of sp³-hybridized carbons (Fsp3) is 0.464. The van der Waals surface area contributed by atoms with Crippen molar-refractivity contribution in [3.63, 3.8) is 0 Å². The fourth-order valence-corrected chi connectivity index (χ4v) is 6.11. The van der Waals surface area contributed by atoms with Gasteiger partial charge in [-0.05, 0) is 62.9 Å². The molecule has 3 N–H and O–H groups in total. The van der Waals surface area contributed by atoms with Gasteiger partial charge >= 0.3 is 5.97 Å². The van der Waals surface area contributed by atoms with Crippen LogP contribution in [0.4, 0.5) is 11.6 Å². The molecule has 1 saturated carbocycles. The first-order chi connectivity index (χ1) is 17.6. The van der Waals surface area contributed by atoms with Crippen LogP contribution >= 0.6 is 0 Å². The summed E-state index contributed by atoms with van der Waals surface area (Å²) in [5, 5.41) is 4.59. The second-order valence-electron chi connectivity index (χ2n) is 11.6. The summed E-state index contributed by atoms with van der Waals surface area (Å²) in [5.74, 6) is 1.32. The van der Waals surface area contributed by atoms with Crippen LogP contribution in [-0.2, 0) is 20.1 Å². The molecule has 1 atom stereocenters. The Labute approximate surface area is 223 Å². The lowest BCUT2D eigenvalue weighted by Crippen LogP contribution is -2.42. The number of anilines is 2. The van der Waals surface area contributed by atoms with E-state index < -0.39 is 21.0 Å². The molecule has 2 aromatic heterocycles. The summed E-state index contributed by atoms with van der Waals surface area (Å²) in [6, 6.07) is 9.19. The topological polar surface area (TPSA) is 134 Å². The molecule has 1 aromatic carbocycles. The minimum Gasteiger partial charge on any atom is -0.490 e. The molecule has 3 aromatic rings. The van der Waals surface area contributed by atoms with E-state index in [0.717, 1.165) is 16.3 Å². The van der Waals surface area contributed by atoms with E-state index in [4.69, 9.17) is 20.2 Å². The number of benzene rings is 1. The Hall–Kier alpha value is -3.24. The zero-order chi connectivity index (χ0) is 27.6. The summed E-state index contributed by atoms with van der Waals surface area (Å²) < 4.78 is 35.4. The Bertz CT molecular complexity index is 1540. The predicted octanol–water partition coefficient (Wildman–Crippen LogP) is 4.57. The Morgan fingerprint density at radius 1 is 1.13 bits per heavy atom. The number of aromatic nitrogens is 2. The largest absolute Gasteiger partial charge is 0.490 e. The molecule has 38 heavy (non-hydrogen) atoms. The summed E-state index contributed by atoms with van der Waals surface area (Å²) >= 11 is 0. The first-order valence-electron chi connectivity index (χ1n) is 12.7. The van der Waals surface area contributed by atoms with Crippen molar-refractivity contribution in [3.8, 4) is 5.75 Å². The molecule has 3 heterocycles. The number of pyridine rings is 2. The van der Waals surface area contributed by atoms with Gasteiger partial charge in [0.15, 0.2) is 9.84 Å². The minimum absolute atomic E-state index is 0.0836. The van der Waals surface area contributed by atoms with Gasteiger partial charge in [-0.15, -0.1) is 0 Å². The zero-order valence-corrected chi connectivity index (χ0v) is 23.3. The number of hydrogen-bond donors (Lipinski definition) is 2. The van der Waals surface area contributed by atoms with Crippen molar-refractivity contribution in [1.29, 1.82) is 0 Å². The molecule has 0 amide bonds. The van der Waals surface area contributed by atoms with Gasteiger partial charge in [0, 0.05) is 42.1 Å². The molecule has 0 saturated heterocycles. The van der Waals surface area contributed by atoms with Gasteiger partial charge in [-0.25, -0.2) is 23.2 Å². The smallest absolute Gasteiger partial charge is 0.340 e. The maximum absolute atomic E-state index is 12.4. The number of rotatable bonds is 6. The van der Waals surface area contributed by atoms with Gasteiger partial charge in [0.25, 0.3) is 0 Å². The lowest BCUT2D eigenvalue weighted by atomic mass is 9.84. The standard InChI is InChI=1S/C28H34N4O5S/c1-15-25-18(26(33)37-28(15,4)5)7-10-23(32-25)31-24-13-19-20(14-30-24)22(9-8-21(19)27(2,3)29)36-16-11-17(12-16)38(6,34)35/h7-10,13-17H,11-12,29H2,1-6H3,(H,30,31,32)/t15-,16-,17+/m1/s1. The van der Waals surface area contributed by atoms with Crippen molar-refractivity contribution in [2.75, 3.05) is 11.6 Å². The molecule has 0 spiro atoms. The quantitative estimate of drug-likeness (QED) is 0.433. The van der Waals surface area contributed by atoms with Crippen LogP contribution in [0.5, 0.6) is 5.75 Å². The van der Waals surface area contributed by atoms with Crippen LogP contribution in [0, 0.1) is 0 Å². The zero-order valence-electron chi connectivity index (χ0n) is 22.5. The Balaban J connectivity index is 1.47. The van der Waals surface area contributed by atoms with E-state index in [2.05, 4.69) is 10.3 Å². The van der Waals surface area contributed by atoms with Gasteiger partial charge in [0.1, 0.15) is 29.1 Å². The van der Waals surface area contributed by atoms with Gasteiger partial charge in [0.2, 0.25) is 0 Å². The number of hydrogen-bond acceptors (Lipinski definition) is 9. The Morgan fingerprint density at radius 2 is 1.84 bits per heavy atom. The van der Waals surface area contributed by atoms with Crippen molar-refractivity contribution in [3.05, 3.63) is 53.3 Å². The van der Waals surface area contributed by atoms with Crippen molar-refractivity contribution < 1.29 is 22.7 Å². The van der Waals surface area contributed by atoms with Crippen LogP contribution in [0.1, 0.15) is 75.0 Å².